The van der Waals surface area contributed by atoms with Crippen LogP contribution in [-0.4, -0.2) is 23.3 Å². The lowest BCUT2D eigenvalue weighted by Gasteiger charge is -2.25. The van der Waals surface area contributed by atoms with Crippen LogP contribution in [-0.2, 0) is 9.53 Å². The molecule has 0 spiro atoms. The fourth-order valence-corrected chi connectivity index (χ4v) is 1.46. The predicted octanol–water partition coefficient (Wildman–Crippen LogP) is 3.23. The molecular weight excluding hydrogens is 192 g/mol. The van der Waals surface area contributed by atoms with Gasteiger partial charge in [0.1, 0.15) is 0 Å². The average molecular weight is 216 g/mol. The molecule has 0 rings (SSSR count). The van der Waals surface area contributed by atoms with Gasteiger partial charge in [0, 0.05) is 6.61 Å². The molecule has 15 heavy (non-hydrogen) atoms. The van der Waals surface area contributed by atoms with Gasteiger partial charge in [0.25, 0.3) is 0 Å². The zero-order valence-corrected chi connectivity index (χ0v) is 10.2. The van der Waals surface area contributed by atoms with Crippen LogP contribution in [0.5, 0.6) is 0 Å². The van der Waals surface area contributed by atoms with Gasteiger partial charge in [-0.05, 0) is 26.2 Å². The van der Waals surface area contributed by atoms with E-state index in [4.69, 9.17) is 9.84 Å². The largest absolute Gasteiger partial charge is 0.479 e. The Kier molecular flexibility index (Phi) is 7.39. The van der Waals surface area contributed by atoms with Gasteiger partial charge in [-0.25, -0.2) is 4.79 Å². The highest BCUT2D eigenvalue weighted by atomic mass is 16.5. The molecule has 0 heterocycles. The van der Waals surface area contributed by atoms with E-state index in [0.717, 1.165) is 19.3 Å². The standard InChI is InChI=1S/C12H24O3/c1-4-6-7-8-9-12(3,11(13)14)15-10-5-2/h4-10H2,1-3H3,(H,13,14). The van der Waals surface area contributed by atoms with Gasteiger partial charge in [0.15, 0.2) is 5.60 Å². The number of carboxylic acid groups (broad SMARTS) is 1. The molecule has 0 aromatic heterocycles. The molecular formula is C12H24O3. The number of carbonyl (C=O) groups is 1. The Morgan fingerprint density at radius 1 is 1.20 bits per heavy atom. The third-order valence-electron chi connectivity index (χ3n) is 2.58. The second kappa shape index (κ2) is 7.69. The average Bonchev–Trinajstić information content (AvgIpc) is 2.21. The summed E-state index contributed by atoms with van der Waals surface area (Å²) in [5.41, 5.74) is -0.982. The second-order valence-electron chi connectivity index (χ2n) is 4.20. The normalized spacial score (nSPS) is 14.9. The Balaban J connectivity index is 3.96. The van der Waals surface area contributed by atoms with Crippen LogP contribution in [0.2, 0.25) is 0 Å². The second-order valence-corrected chi connectivity index (χ2v) is 4.20. The molecule has 1 unspecified atom stereocenters. The Bertz CT molecular complexity index is 180. The molecule has 0 aliphatic rings. The zero-order chi connectivity index (χ0) is 11.7. The molecule has 0 radical (unpaired) electrons. The fourth-order valence-electron chi connectivity index (χ4n) is 1.46. The first-order valence-corrected chi connectivity index (χ1v) is 5.94. The predicted molar refractivity (Wildman–Crippen MR) is 61.0 cm³/mol. The van der Waals surface area contributed by atoms with Crippen LogP contribution in [0.25, 0.3) is 0 Å². The summed E-state index contributed by atoms with van der Waals surface area (Å²) < 4.78 is 5.42. The molecule has 0 aromatic carbocycles. The lowest BCUT2D eigenvalue weighted by Crippen LogP contribution is -2.38. The van der Waals surface area contributed by atoms with Gasteiger partial charge in [0.2, 0.25) is 0 Å². The van der Waals surface area contributed by atoms with Gasteiger partial charge < -0.3 is 9.84 Å². The Hall–Kier alpha value is -0.570. The summed E-state index contributed by atoms with van der Waals surface area (Å²) in [5.74, 6) is -0.840. The minimum atomic E-state index is -0.982. The third kappa shape index (κ3) is 5.78. The van der Waals surface area contributed by atoms with Crippen molar-refractivity contribution in [1.29, 1.82) is 0 Å². The van der Waals surface area contributed by atoms with E-state index < -0.39 is 11.6 Å². The van der Waals surface area contributed by atoms with Crippen molar-refractivity contribution in [3.05, 3.63) is 0 Å². The summed E-state index contributed by atoms with van der Waals surface area (Å²) in [7, 11) is 0. The number of hydrogen-bond acceptors (Lipinski definition) is 2. The van der Waals surface area contributed by atoms with Crippen LogP contribution >= 0.6 is 0 Å². The summed E-state index contributed by atoms with van der Waals surface area (Å²) in [5, 5.41) is 9.09. The van der Waals surface area contributed by atoms with Gasteiger partial charge in [-0.1, -0.05) is 33.1 Å². The lowest BCUT2D eigenvalue weighted by atomic mass is 9.98. The molecule has 0 aromatic rings. The van der Waals surface area contributed by atoms with Crippen molar-refractivity contribution in [2.75, 3.05) is 6.61 Å². The summed E-state index contributed by atoms with van der Waals surface area (Å²) in [6, 6.07) is 0. The number of hydrogen-bond donors (Lipinski definition) is 1. The number of carboxylic acids is 1. The van der Waals surface area contributed by atoms with Crippen molar-refractivity contribution < 1.29 is 14.6 Å². The van der Waals surface area contributed by atoms with Crippen molar-refractivity contribution >= 4 is 5.97 Å². The van der Waals surface area contributed by atoms with Crippen molar-refractivity contribution in [3.8, 4) is 0 Å². The van der Waals surface area contributed by atoms with Gasteiger partial charge in [-0.3, -0.25) is 0 Å². The molecule has 3 nitrogen and oxygen atoms in total. The van der Waals surface area contributed by atoms with Gasteiger partial charge >= 0.3 is 5.97 Å². The Morgan fingerprint density at radius 2 is 1.87 bits per heavy atom. The molecule has 0 bridgehead atoms. The van der Waals surface area contributed by atoms with Crippen LogP contribution in [0.15, 0.2) is 0 Å². The highest BCUT2D eigenvalue weighted by molar-refractivity contribution is 5.76. The van der Waals surface area contributed by atoms with Crippen molar-refractivity contribution in [1.82, 2.24) is 0 Å². The first-order valence-electron chi connectivity index (χ1n) is 5.94. The quantitative estimate of drug-likeness (QED) is 0.602. The summed E-state index contributed by atoms with van der Waals surface area (Å²) >= 11 is 0. The summed E-state index contributed by atoms with van der Waals surface area (Å²) in [4.78, 5) is 11.1. The Morgan fingerprint density at radius 3 is 2.33 bits per heavy atom. The van der Waals surface area contributed by atoms with Crippen LogP contribution in [0, 0.1) is 0 Å². The smallest absolute Gasteiger partial charge is 0.335 e. The number of unbranched alkanes of at least 4 members (excludes halogenated alkanes) is 3. The molecule has 0 fully saturated rings. The van der Waals surface area contributed by atoms with E-state index in [1.165, 1.54) is 12.8 Å². The molecule has 0 saturated heterocycles. The molecule has 0 aliphatic carbocycles. The van der Waals surface area contributed by atoms with E-state index in [1.807, 2.05) is 6.92 Å². The van der Waals surface area contributed by atoms with Gasteiger partial charge in [-0.15, -0.1) is 0 Å². The molecule has 90 valence electrons. The van der Waals surface area contributed by atoms with Gasteiger partial charge in [-0.2, -0.15) is 0 Å². The molecule has 1 N–H and O–H groups in total. The molecule has 0 amide bonds. The van der Waals surface area contributed by atoms with E-state index in [1.54, 1.807) is 6.92 Å². The third-order valence-corrected chi connectivity index (χ3v) is 2.58. The lowest BCUT2D eigenvalue weighted by molar-refractivity contribution is -0.164. The van der Waals surface area contributed by atoms with Crippen LogP contribution < -0.4 is 0 Å². The maximum absolute atomic E-state index is 11.1. The van der Waals surface area contributed by atoms with Crippen LogP contribution in [0.4, 0.5) is 0 Å². The SMILES string of the molecule is CCCCCCC(C)(OCCC)C(=O)O. The number of rotatable bonds is 9. The summed E-state index contributed by atoms with van der Waals surface area (Å²) in [6.07, 6.45) is 5.83. The van der Waals surface area contributed by atoms with E-state index in [-0.39, 0.29) is 0 Å². The van der Waals surface area contributed by atoms with E-state index in [9.17, 15) is 4.79 Å². The van der Waals surface area contributed by atoms with Crippen molar-refractivity contribution in [2.24, 2.45) is 0 Å². The van der Waals surface area contributed by atoms with Gasteiger partial charge in [0.05, 0.1) is 0 Å². The highest BCUT2D eigenvalue weighted by Crippen LogP contribution is 2.20. The minimum Gasteiger partial charge on any atom is -0.479 e. The molecule has 0 aliphatic heterocycles. The Labute approximate surface area is 92.8 Å². The monoisotopic (exact) mass is 216 g/mol. The van der Waals surface area contributed by atoms with E-state index >= 15 is 0 Å². The van der Waals surface area contributed by atoms with E-state index in [2.05, 4.69) is 6.92 Å². The maximum Gasteiger partial charge on any atom is 0.335 e. The van der Waals surface area contributed by atoms with Crippen molar-refractivity contribution in [3.63, 3.8) is 0 Å². The maximum atomic E-state index is 11.1. The van der Waals surface area contributed by atoms with E-state index in [0.29, 0.717) is 13.0 Å². The summed E-state index contributed by atoms with van der Waals surface area (Å²) in [6.45, 7) is 6.33. The van der Waals surface area contributed by atoms with Crippen LogP contribution in [0.1, 0.15) is 59.3 Å². The topological polar surface area (TPSA) is 46.5 Å². The molecule has 0 saturated carbocycles. The molecule has 1 atom stereocenters. The number of ether oxygens (including phenoxy) is 1. The highest BCUT2D eigenvalue weighted by Gasteiger charge is 2.33. The molecule has 3 heteroatoms. The first kappa shape index (κ1) is 14.4. The van der Waals surface area contributed by atoms with Crippen LogP contribution in [0.3, 0.4) is 0 Å². The fraction of sp³-hybridized carbons (Fsp3) is 0.917. The first-order chi connectivity index (χ1) is 7.06. The zero-order valence-electron chi connectivity index (χ0n) is 10.2. The number of aliphatic carboxylic acids is 1. The van der Waals surface area contributed by atoms with Crippen molar-refractivity contribution in [2.45, 2.75) is 64.9 Å². The minimum absolute atomic E-state index is 0.524.